The summed E-state index contributed by atoms with van der Waals surface area (Å²) in [5.74, 6) is 0.771. The van der Waals surface area contributed by atoms with E-state index in [1.165, 1.54) is 0 Å². The molecule has 0 aliphatic carbocycles. The van der Waals surface area contributed by atoms with E-state index in [9.17, 15) is 0 Å². The smallest absolute Gasteiger partial charge is 0.147 e. The SMILES string of the molecule is Cn1cc(CCOc2c(Br)cc(N)cc2Br)cn1. The van der Waals surface area contributed by atoms with Gasteiger partial charge in [-0.2, -0.15) is 5.10 Å². The van der Waals surface area contributed by atoms with Crippen molar-refractivity contribution in [2.45, 2.75) is 6.42 Å². The monoisotopic (exact) mass is 373 g/mol. The molecule has 0 spiro atoms. The molecule has 6 heteroatoms. The zero-order valence-electron chi connectivity index (χ0n) is 9.86. The van der Waals surface area contributed by atoms with Crippen molar-refractivity contribution in [1.82, 2.24) is 9.78 Å². The van der Waals surface area contributed by atoms with Gasteiger partial charge < -0.3 is 10.5 Å². The lowest BCUT2D eigenvalue weighted by molar-refractivity contribution is 0.318. The van der Waals surface area contributed by atoms with E-state index in [1.807, 2.05) is 31.6 Å². The topological polar surface area (TPSA) is 53.1 Å². The van der Waals surface area contributed by atoms with Crippen LogP contribution in [0, 0.1) is 0 Å². The van der Waals surface area contributed by atoms with Crippen LogP contribution in [0.3, 0.4) is 0 Å². The van der Waals surface area contributed by atoms with Crippen LogP contribution in [-0.4, -0.2) is 16.4 Å². The van der Waals surface area contributed by atoms with Crippen molar-refractivity contribution in [3.05, 3.63) is 39.0 Å². The van der Waals surface area contributed by atoms with Gasteiger partial charge in [-0.05, 0) is 49.6 Å². The fourth-order valence-corrected chi connectivity index (χ4v) is 3.04. The van der Waals surface area contributed by atoms with E-state index in [0.717, 1.165) is 26.7 Å². The molecular formula is C12H13Br2N3O. The molecule has 2 N–H and O–H groups in total. The van der Waals surface area contributed by atoms with E-state index < -0.39 is 0 Å². The van der Waals surface area contributed by atoms with Crippen molar-refractivity contribution in [2.24, 2.45) is 7.05 Å². The summed E-state index contributed by atoms with van der Waals surface area (Å²) in [5.41, 5.74) is 7.57. The van der Waals surface area contributed by atoms with Crippen molar-refractivity contribution in [2.75, 3.05) is 12.3 Å². The maximum Gasteiger partial charge on any atom is 0.147 e. The predicted molar refractivity (Wildman–Crippen MR) is 78.7 cm³/mol. The Morgan fingerprint density at radius 3 is 2.56 bits per heavy atom. The Morgan fingerprint density at radius 2 is 2.00 bits per heavy atom. The van der Waals surface area contributed by atoms with Gasteiger partial charge in [0.2, 0.25) is 0 Å². The Morgan fingerprint density at radius 1 is 1.33 bits per heavy atom. The molecule has 0 saturated heterocycles. The number of ether oxygens (including phenoxy) is 1. The number of halogens is 2. The van der Waals surface area contributed by atoms with Gasteiger partial charge in [0.15, 0.2) is 0 Å². The molecule has 0 radical (unpaired) electrons. The third-order valence-corrected chi connectivity index (χ3v) is 3.59. The molecule has 2 rings (SSSR count). The lowest BCUT2D eigenvalue weighted by Gasteiger charge is -2.10. The molecule has 0 aliphatic rings. The van der Waals surface area contributed by atoms with E-state index in [0.29, 0.717) is 12.3 Å². The minimum absolute atomic E-state index is 0.590. The van der Waals surface area contributed by atoms with Crippen LogP contribution in [0.1, 0.15) is 5.56 Å². The van der Waals surface area contributed by atoms with Crippen molar-refractivity contribution in [3.63, 3.8) is 0 Å². The Kier molecular flexibility index (Phi) is 4.29. The van der Waals surface area contributed by atoms with Crippen LogP contribution in [0.15, 0.2) is 33.5 Å². The first kappa shape index (κ1) is 13.4. The predicted octanol–water partition coefficient (Wildman–Crippen LogP) is 3.15. The molecule has 0 unspecified atom stereocenters. The second-order valence-electron chi connectivity index (χ2n) is 3.93. The molecule has 4 nitrogen and oxygen atoms in total. The second kappa shape index (κ2) is 5.75. The summed E-state index contributed by atoms with van der Waals surface area (Å²) in [4.78, 5) is 0. The van der Waals surface area contributed by atoms with Crippen LogP contribution >= 0.6 is 31.9 Å². The minimum Gasteiger partial charge on any atom is -0.491 e. The van der Waals surface area contributed by atoms with Crippen LogP contribution < -0.4 is 10.5 Å². The van der Waals surface area contributed by atoms with E-state index in [4.69, 9.17) is 10.5 Å². The van der Waals surface area contributed by atoms with Crippen molar-refractivity contribution < 1.29 is 4.74 Å². The molecular weight excluding hydrogens is 362 g/mol. The summed E-state index contributed by atoms with van der Waals surface area (Å²) < 4.78 is 9.23. The van der Waals surface area contributed by atoms with E-state index in [2.05, 4.69) is 37.0 Å². The highest BCUT2D eigenvalue weighted by atomic mass is 79.9. The standard InChI is InChI=1S/C12H13Br2N3O/c1-17-7-8(6-16-17)2-3-18-12-10(13)4-9(15)5-11(12)14/h4-7H,2-3,15H2,1H3. The van der Waals surface area contributed by atoms with Crippen LogP contribution in [0.4, 0.5) is 5.69 Å². The van der Waals surface area contributed by atoms with Gasteiger partial charge in [0.1, 0.15) is 5.75 Å². The molecule has 0 aliphatic heterocycles. The first-order valence-corrected chi connectivity index (χ1v) is 6.99. The van der Waals surface area contributed by atoms with Gasteiger partial charge >= 0.3 is 0 Å². The summed E-state index contributed by atoms with van der Waals surface area (Å²) in [6.07, 6.45) is 4.64. The molecule has 1 heterocycles. The van der Waals surface area contributed by atoms with Gasteiger partial charge in [-0.15, -0.1) is 0 Å². The Bertz CT molecular complexity index is 531. The van der Waals surface area contributed by atoms with Gasteiger partial charge in [0.25, 0.3) is 0 Å². The fourth-order valence-electron chi connectivity index (χ4n) is 1.59. The van der Waals surface area contributed by atoms with Gasteiger partial charge in [-0.25, -0.2) is 0 Å². The molecule has 0 atom stereocenters. The zero-order valence-corrected chi connectivity index (χ0v) is 13.0. The summed E-state index contributed by atoms with van der Waals surface area (Å²) in [6, 6.07) is 3.65. The molecule has 96 valence electrons. The minimum atomic E-state index is 0.590. The Balaban J connectivity index is 1.98. The highest BCUT2D eigenvalue weighted by Gasteiger charge is 2.08. The number of nitrogen functional groups attached to an aromatic ring is 1. The molecule has 2 aromatic rings. The molecule has 1 aromatic carbocycles. The Hall–Kier alpha value is -1.01. The third-order valence-electron chi connectivity index (χ3n) is 2.42. The number of nitrogens with two attached hydrogens (primary N) is 1. The van der Waals surface area contributed by atoms with Crippen molar-refractivity contribution >= 4 is 37.5 Å². The number of aromatic nitrogens is 2. The summed E-state index contributed by atoms with van der Waals surface area (Å²) >= 11 is 6.87. The lowest BCUT2D eigenvalue weighted by atomic mass is 10.3. The summed E-state index contributed by atoms with van der Waals surface area (Å²) in [6.45, 7) is 0.590. The maximum atomic E-state index is 5.75. The lowest BCUT2D eigenvalue weighted by Crippen LogP contribution is -2.02. The highest BCUT2D eigenvalue weighted by molar-refractivity contribution is 9.11. The first-order chi connectivity index (χ1) is 8.56. The van der Waals surface area contributed by atoms with Crippen molar-refractivity contribution in [3.8, 4) is 5.75 Å². The number of hydrogen-bond donors (Lipinski definition) is 1. The number of rotatable bonds is 4. The summed E-state index contributed by atoms with van der Waals surface area (Å²) in [7, 11) is 1.90. The number of anilines is 1. The number of hydrogen-bond acceptors (Lipinski definition) is 3. The van der Waals surface area contributed by atoms with Crippen LogP contribution in [0.2, 0.25) is 0 Å². The summed E-state index contributed by atoms with van der Waals surface area (Å²) in [5, 5.41) is 4.12. The molecule has 18 heavy (non-hydrogen) atoms. The van der Waals surface area contributed by atoms with Gasteiger partial charge in [-0.3, -0.25) is 4.68 Å². The van der Waals surface area contributed by atoms with Crippen LogP contribution in [-0.2, 0) is 13.5 Å². The van der Waals surface area contributed by atoms with E-state index in [1.54, 1.807) is 4.68 Å². The fraction of sp³-hybridized carbons (Fsp3) is 0.250. The number of aryl methyl sites for hydroxylation is 1. The van der Waals surface area contributed by atoms with Gasteiger partial charge in [-0.1, -0.05) is 0 Å². The zero-order chi connectivity index (χ0) is 13.1. The van der Waals surface area contributed by atoms with Crippen LogP contribution in [0.5, 0.6) is 5.75 Å². The quantitative estimate of drug-likeness (QED) is 0.836. The first-order valence-electron chi connectivity index (χ1n) is 5.41. The average molecular weight is 375 g/mol. The molecule has 0 fully saturated rings. The molecule has 0 amide bonds. The highest BCUT2D eigenvalue weighted by Crippen LogP contribution is 2.35. The van der Waals surface area contributed by atoms with Gasteiger partial charge in [0, 0.05) is 25.4 Å². The molecule has 0 saturated carbocycles. The van der Waals surface area contributed by atoms with Gasteiger partial charge in [0.05, 0.1) is 21.7 Å². The molecule has 0 bridgehead atoms. The molecule has 1 aromatic heterocycles. The normalized spacial score (nSPS) is 10.6. The maximum absolute atomic E-state index is 5.75. The largest absolute Gasteiger partial charge is 0.491 e. The average Bonchev–Trinajstić information content (AvgIpc) is 2.68. The number of benzene rings is 1. The Labute approximate surface area is 122 Å². The number of nitrogens with zero attached hydrogens (tertiary/aromatic N) is 2. The van der Waals surface area contributed by atoms with Crippen LogP contribution in [0.25, 0.3) is 0 Å². The second-order valence-corrected chi connectivity index (χ2v) is 5.64. The van der Waals surface area contributed by atoms with E-state index >= 15 is 0 Å². The van der Waals surface area contributed by atoms with E-state index in [-0.39, 0.29) is 0 Å². The third kappa shape index (κ3) is 3.26. The van der Waals surface area contributed by atoms with Crippen molar-refractivity contribution in [1.29, 1.82) is 0 Å².